The molecule has 8 nitrogen and oxygen atoms in total. The largest absolute Gasteiger partial charge is 0.468 e. The second kappa shape index (κ2) is 5.67. The molecule has 8 heteroatoms. The van der Waals surface area contributed by atoms with E-state index in [1.165, 1.54) is 19.1 Å². The van der Waals surface area contributed by atoms with Crippen molar-refractivity contribution < 1.29 is 28.6 Å². The Morgan fingerprint density at radius 3 is 1.74 bits per heavy atom. The van der Waals surface area contributed by atoms with Gasteiger partial charge in [-0.15, -0.1) is 0 Å². The van der Waals surface area contributed by atoms with Gasteiger partial charge in [0.15, 0.2) is 0 Å². The molecule has 0 aliphatic carbocycles. The van der Waals surface area contributed by atoms with Crippen LogP contribution in [0.2, 0.25) is 0 Å². The highest BCUT2D eigenvalue weighted by Crippen LogP contribution is 2.51. The number of fused-ring (bicyclic) bond motifs is 1. The van der Waals surface area contributed by atoms with Crippen LogP contribution in [-0.2, 0) is 23.8 Å². The van der Waals surface area contributed by atoms with Gasteiger partial charge in [0, 0.05) is 26.2 Å². The topological polar surface area (TPSA) is 94.2 Å². The molecule has 0 spiro atoms. The van der Waals surface area contributed by atoms with Gasteiger partial charge in [0.2, 0.25) is 0 Å². The first-order chi connectivity index (χ1) is 10.6. The van der Waals surface area contributed by atoms with E-state index >= 15 is 0 Å². The normalized spacial score (nSPS) is 29.9. The molecule has 0 radical (unpaired) electrons. The Morgan fingerprint density at radius 1 is 0.957 bits per heavy atom. The summed E-state index contributed by atoms with van der Waals surface area (Å²) in [5.41, 5.74) is -2.98. The number of carbonyl (C=O) groups is 3. The molecule has 0 bridgehead atoms. The lowest BCUT2D eigenvalue weighted by molar-refractivity contribution is -0.168. The number of ether oxygens (including phenoxy) is 3. The van der Waals surface area contributed by atoms with Crippen LogP contribution in [0.15, 0.2) is 0 Å². The maximum Gasteiger partial charge on any atom is 0.410 e. The zero-order valence-electron chi connectivity index (χ0n) is 14.2. The lowest BCUT2D eigenvalue weighted by Gasteiger charge is -2.32. The van der Waals surface area contributed by atoms with Crippen LogP contribution in [0.5, 0.6) is 0 Å². The van der Waals surface area contributed by atoms with E-state index in [0.29, 0.717) is 0 Å². The summed E-state index contributed by atoms with van der Waals surface area (Å²) < 4.78 is 15.2. The second-order valence-corrected chi connectivity index (χ2v) is 7.09. The number of hydrogen-bond donors (Lipinski definition) is 1. The molecule has 2 heterocycles. The molecule has 2 saturated heterocycles. The van der Waals surface area contributed by atoms with Crippen LogP contribution in [0.4, 0.5) is 4.79 Å². The zero-order valence-corrected chi connectivity index (χ0v) is 14.2. The van der Waals surface area contributed by atoms with Crippen molar-refractivity contribution in [2.24, 2.45) is 10.8 Å². The van der Waals surface area contributed by atoms with Crippen LogP contribution >= 0.6 is 0 Å². The van der Waals surface area contributed by atoms with Gasteiger partial charge in [0.05, 0.1) is 14.2 Å². The molecular weight excluding hydrogens is 304 g/mol. The SMILES string of the molecule is COC(=O)C12CNCC1(C(=O)OC)CN(C(=O)OC(C)(C)C)C2. The average Bonchev–Trinajstić information content (AvgIpc) is 2.97. The predicted molar refractivity (Wildman–Crippen MR) is 79.6 cm³/mol. The van der Waals surface area contributed by atoms with E-state index in [2.05, 4.69) is 5.32 Å². The Kier molecular flexibility index (Phi) is 4.32. The van der Waals surface area contributed by atoms with Gasteiger partial charge in [-0.3, -0.25) is 9.59 Å². The van der Waals surface area contributed by atoms with Crippen molar-refractivity contribution in [1.29, 1.82) is 0 Å². The van der Waals surface area contributed by atoms with Gasteiger partial charge in [0.25, 0.3) is 0 Å². The molecule has 1 amide bonds. The van der Waals surface area contributed by atoms with Crippen molar-refractivity contribution in [1.82, 2.24) is 10.2 Å². The molecule has 0 saturated carbocycles. The number of nitrogens with one attached hydrogen (secondary N) is 1. The monoisotopic (exact) mass is 328 g/mol. The first kappa shape index (κ1) is 17.5. The van der Waals surface area contributed by atoms with Gasteiger partial charge in [-0.1, -0.05) is 0 Å². The molecule has 130 valence electrons. The number of hydrogen-bond acceptors (Lipinski definition) is 7. The van der Waals surface area contributed by atoms with Crippen LogP contribution < -0.4 is 5.32 Å². The van der Waals surface area contributed by atoms with Crippen molar-refractivity contribution in [3.8, 4) is 0 Å². The number of carbonyl (C=O) groups excluding carboxylic acids is 3. The summed E-state index contributed by atoms with van der Waals surface area (Å²) in [7, 11) is 2.54. The molecule has 2 unspecified atom stereocenters. The van der Waals surface area contributed by atoms with Gasteiger partial charge in [-0.05, 0) is 20.8 Å². The van der Waals surface area contributed by atoms with Gasteiger partial charge in [0.1, 0.15) is 16.4 Å². The van der Waals surface area contributed by atoms with Gasteiger partial charge in [-0.25, -0.2) is 4.79 Å². The van der Waals surface area contributed by atoms with Crippen molar-refractivity contribution in [2.45, 2.75) is 26.4 Å². The Bertz CT molecular complexity index is 497. The highest BCUT2D eigenvalue weighted by Gasteiger charge is 2.71. The molecule has 2 aliphatic rings. The fourth-order valence-electron chi connectivity index (χ4n) is 3.46. The van der Waals surface area contributed by atoms with Crippen LogP contribution in [0.25, 0.3) is 0 Å². The minimum Gasteiger partial charge on any atom is -0.468 e. The van der Waals surface area contributed by atoms with Gasteiger partial charge in [-0.2, -0.15) is 0 Å². The standard InChI is InChI=1S/C15H24N2O6/c1-13(2,3)23-12(20)17-8-14(10(18)21-4)6-16-7-15(14,9-17)11(19)22-5/h16H,6-9H2,1-5H3. The molecule has 2 fully saturated rings. The van der Waals surface area contributed by atoms with E-state index in [9.17, 15) is 14.4 Å². The molecule has 0 aromatic carbocycles. The highest BCUT2D eigenvalue weighted by molar-refractivity contribution is 5.92. The first-order valence-corrected chi connectivity index (χ1v) is 7.47. The third-order valence-corrected chi connectivity index (χ3v) is 4.50. The summed E-state index contributed by atoms with van der Waals surface area (Å²) in [6.07, 6.45) is -0.557. The number of nitrogens with zero attached hydrogens (tertiary/aromatic N) is 1. The third kappa shape index (κ3) is 2.65. The summed E-state index contributed by atoms with van der Waals surface area (Å²) in [6, 6.07) is 0. The molecule has 23 heavy (non-hydrogen) atoms. The first-order valence-electron chi connectivity index (χ1n) is 7.47. The van der Waals surface area contributed by atoms with E-state index < -0.39 is 34.5 Å². The predicted octanol–water partition coefficient (Wildman–Crippen LogP) is 0.159. The van der Waals surface area contributed by atoms with E-state index in [0.717, 1.165) is 0 Å². The maximum absolute atomic E-state index is 12.4. The molecule has 2 rings (SSSR count). The van der Waals surface area contributed by atoms with E-state index in [-0.39, 0.29) is 26.2 Å². The quantitative estimate of drug-likeness (QED) is 0.570. The molecule has 0 aromatic rings. The minimum atomic E-state index is -1.16. The Labute approximate surface area is 135 Å². The molecule has 1 N–H and O–H groups in total. The fraction of sp³-hybridized carbons (Fsp3) is 0.800. The van der Waals surface area contributed by atoms with Gasteiger partial charge >= 0.3 is 18.0 Å². The van der Waals surface area contributed by atoms with Crippen LogP contribution in [0.1, 0.15) is 20.8 Å². The lowest BCUT2D eigenvalue weighted by atomic mass is 9.68. The molecular formula is C15H24N2O6. The van der Waals surface area contributed by atoms with Crippen molar-refractivity contribution in [3.63, 3.8) is 0 Å². The summed E-state index contributed by atoms with van der Waals surface area (Å²) >= 11 is 0. The van der Waals surface area contributed by atoms with Crippen LogP contribution in [-0.4, -0.2) is 68.9 Å². The van der Waals surface area contributed by atoms with Crippen LogP contribution in [0, 0.1) is 10.8 Å². The summed E-state index contributed by atoms with van der Waals surface area (Å²) in [5.74, 6) is -1.06. The number of esters is 2. The molecule has 2 atom stereocenters. The average molecular weight is 328 g/mol. The summed E-state index contributed by atoms with van der Waals surface area (Å²) in [6.45, 7) is 5.87. The minimum absolute atomic E-state index is 0.0523. The smallest absolute Gasteiger partial charge is 0.410 e. The summed E-state index contributed by atoms with van der Waals surface area (Å²) in [5, 5.41) is 3.06. The maximum atomic E-state index is 12.4. The van der Waals surface area contributed by atoms with E-state index in [4.69, 9.17) is 14.2 Å². The van der Waals surface area contributed by atoms with E-state index in [1.54, 1.807) is 20.8 Å². The number of rotatable bonds is 2. The molecule has 2 aliphatic heterocycles. The number of methoxy groups -OCH3 is 2. The fourth-order valence-corrected chi connectivity index (χ4v) is 3.46. The highest BCUT2D eigenvalue weighted by atomic mass is 16.6. The molecule has 0 aromatic heterocycles. The third-order valence-electron chi connectivity index (χ3n) is 4.50. The second-order valence-electron chi connectivity index (χ2n) is 7.09. The Balaban J connectivity index is 2.37. The van der Waals surface area contributed by atoms with Crippen molar-refractivity contribution in [3.05, 3.63) is 0 Å². The Morgan fingerprint density at radius 2 is 1.39 bits per heavy atom. The zero-order chi connectivity index (χ0) is 17.5. The van der Waals surface area contributed by atoms with Gasteiger partial charge < -0.3 is 24.4 Å². The van der Waals surface area contributed by atoms with E-state index in [1.807, 2.05) is 0 Å². The van der Waals surface area contributed by atoms with Crippen molar-refractivity contribution >= 4 is 18.0 Å². The van der Waals surface area contributed by atoms with Crippen molar-refractivity contribution in [2.75, 3.05) is 40.4 Å². The lowest BCUT2D eigenvalue weighted by Crippen LogP contribution is -2.52. The number of likely N-dealkylation sites (tertiary alicyclic amines) is 1. The number of amides is 1. The van der Waals surface area contributed by atoms with Crippen LogP contribution in [0.3, 0.4) is 0 Å². The summed E-state index contributed by atoms with van der Waals surface area (Å²) in [4.78, 5) is 38.7. The Hall–Kier alpha value is -1.83.